The summed E-state index contributed by atoms with van der Waals surface area (Å²) in [6.07, 6.45) is 6.36. The Morgan fingerprint density at radius 1 is 1.32 bits per heavy atom. The van der Waals surface area contributed by atoms with Gasteiger partial charge in [-0.05, 0) is 31.5 Å². The Morgan fingerprint density at radius 3 is 2.89 bits per heavy atom. The number of benzene rings is 1. The first-order valence-electron chi connectivity index (χ1n) is 6.88. The van der Waals surface area contributed by atoms with Crippen LogP contribution in [0.5, 0.6) is 0 Å². The van der Waals surface area contributed by atoms with Gasteiger partial charge in [-0.25, -0.2) is 4.98 Å². The maximum atomic E-state index is 4.53. The second-order valence-corrected chi connectivity index (χ2v) is 5.04. The van der Waals surface area contributed by atoms with E-state index in [1.165, 1.54) is 12.8 Å². The summed E-state index contributed by atoms with van der Waals surface area (Å²) >= 11 is 0. The summed E-state index contributed by atoms with van der Waals surface area (Å²) in [4.78, 5) is 6.82. The molecular formula is C15H20N4. The van der Waals surface area contributed by atoms with Gasteiger partial charge in [0, 0.05) is 37.7 Å². The van der Waals surface area contributed by atoms with Crippen LogP contribution in [0.15, 0.2) is 42.7 Å². The minimum Gasteiger partial charge on any atom is -0.341 e. The van der Waals surface area contributed by atoms with Crippen molar-refractivity contribution in [2.24, 2.45) is 0 Å². The lowest BCUT2D eigenvalue weighted by molar-refractivity contribution is 0.440. The van der Waals surface area contributed by atoms with E-state index in [1.54, 1.807) is 0 Å². The number of nitrogens with zero attached hydrogens (tertiary/aromatic N) is 3. The molecule has 1 atom stereocenters. The van der Waals surface area contributed by atoms with Gasteiger partial charge < -0.3 is 10.2 Å². The summed E-state index contributed by atoms with van der Waals surface area (Å²) in [5, 5.41) is 3.46. The molecule has 2 heterocycles. The van der Waals surface area contributed by atoms with E-state index < -0.39 is 0 Å². The molecule has 2 aromatic rings. The molecule has 1 saturated heterocycles. The first-order chi connectivity index (χ1) is 9.36. The number of aromatic nitrogens is 2. The van der Waals surface area contributed by atoms with Crippen LogP contribution in [0.3, 0.4) is 0 Å². The van der Waals surface area contributed by atoms with Crippen LogP contribution in [0.1, 0.15) is 12.8 Å². The lowest BCUT2D eigenvalue weighted by Crippen LogP contribution is -2.45. The van der Waals surface area contributed by atoms with E-state index in [-0.39, 0.29) is 0 Å². The zero-order valence-corrected chi connectivity index (χ0v) is 11.3. The van der Waals surface area contributed by atoms with Gasteiger partial charge in [0.1, 0.15) is 0 Å². The van der Waals surface area contributed by atoms with E-state index in [0.717, 1.165) is 24.7 Å². The van der Waals surface area contributed by atoms with Crippen LogP contribution in [0.25, 0.3) is 5.69 Å². The summed E-state index contributed by atoms with van der Waals surface area (Å²) in [5.74, 6) is 1.01. The van der Waals surface area contributed by atoms with Crippen molar-refractivity contribution in [3.05, 3.63) is 42.7 Å². The van der Waals surface area contributed by atoms with Crippen LogP contribution >= 0.6 is 0 Å². The highest BCUT2D eigenvalue weighted by Crippen LogP contribution is 2.20. The molecule has 0 radical (unpaired) electrons. The number of imidazole rings is 1. The number of piperidine rings is 1. The Morgan fingerprint density at radius 2 is 2.16 bits per heavy atom. The van der Waals surface area contributed by atoms with Crippen LogP contribution in [0.2, 0.25) is 0 Å². The molecule has 1 N–H and O–H groups in total. The van der Waals surface area contributed by atoms with Crippen LogP contribution < -0.4 is 10.2 Å². The number of rotatable bonds is 3. The summed E-state index contributed by atoms with van der Waals surface area (Å²) < 4.78 is 2.15. The van der Waals surface area contributed by atoms with E-state index in [2.05, 4.69) is 51.1 Å². The molecule has 0 amide bonds. The van der Waals surface area contributed by atoms with Gasteiger partial charge in [0.2, 0.25) is 5.95 Å². The molecule has 0 aliphatic carbocycles. The normalized spacial score (nSPS) is 19.3. The van der Waals surface area contributed by atoms with Gasteiger partial charge in [-0.3, -0.25) is 4.57 Å². The summed E-state index contributed by atoms with van der Waals surface area (Å²) in [5.41, 5.74) is 1.16. The van der Waals surface area contributed by atoms with Crippen molar-refractivity contribution in [2.45, 2.75) is 18.9 Å². The molecule has 1 aliphatic heterocycles. The average Bonchev–Trinajstić information content (AvgIpc) is 2.98. The number of nitrogens with one attached hydrogen (secondary N) is 1. The third-order valence-electron chi connectivity index (χ3n) is 3.79. The van der Waals surface area contributed by atoms with Gasteiger partial charge in [-0.2, -0.15) is 0 Å². The molecule has 3 rings (SSSR count). The first kappa shape index (κ1) is 12.2. The molecular weight excluding hydrogens is 236 g/mol. The summed E-state index contributed by atoms with van der Waals surface area (Å²) in [7, 11) is 2.14. The SMILES string of the molecule is CN(c1nccn1-c1ccccc1)C1CCCNC1. The number of anilines is 1. The predicted octanol–water partition coefficient (Wildman–Crippen LogP) is 2.06. The average molecular weight is 256 g/mol. The Labute approximate surface area is 114 Å². The highest BCUT2D eigenvalue weighted by molar-refractivity contribution is 5.43. The van der Waals surface area contributed by atoms with Crippen molar-refractivity contribution in [1.29, 1.82) is 0 Å². The largest absolute Gasteiger partial charge is 0.341 e. The molecule has 1 aromatic carbocycles. The maximum absolute atomic E-state index is 4.53. The van der Waals surface area contributed by atoms with E-state index in [4.69, 9.17) is 0 Å². The van der Waals surface area contributed by atoms with Crippen LogP contribution in [-0.2, 0) is 0 Å². The lowest BCUT2D eigenvalue weighted by atomic mass is 10.1. The molecule has 0 saturated carbocycles. The number of hydrogen-bond acceptors (Lipinski definition) is 3. The monoisotopic (exact) mass is 256 g/mol. The van der Waals surface area contributed by atoms with Crippen LogP contribution in [0, 0.1) is 0 Å². The third kappa shape index (κ3) is 2.49. The number of para-hydroxylation sites is 1. The minimum atomic E-state index is 0.526. The quantitative estimate of drug-likeness (QED) is 0.912. The fourth-order valence-corrected chi connectivity index (χ4v) is 2.67. The molecule has 1 fully saturated rings. The molecule has 4 nitrogen and oxygen atoms in total. The third-order valence-corrected chi connectivity index (χ3v) is 3.79. The molecule has 4 heteroatoms. The zero-order chi connectivity index (χ0) is 13.1. The Balaban J connectivity index is 1.87. The summed E-state index contributed by atoms with van der Waals surface area (Å²) in [6.45, 7) is 2.18. The van der Waals surface area contributed by atoms with Crippen molar-refractivity contribution >= 4 is 5.95 Å². The molecule has 100 valence electrons. The van der Waals surface area contributed by atoms with Gasteiger partial charge in [-0.1, -0.05) is 18.2 Å². The minimum absolute atomic E-state index is 0.526. The molecule has 1 aliphatic rings. The second kappa shape index (κ2) is 5.45. The van der Waals surface area contributed by atoms with Crippen LogP contribution in [0.4, 0.5) is 5.95 Å². The number of hydrogen-bond donors (Lipinski definition) is 1. The highest BCUT2D eigenvalue weighted by atomic mass is 15.3. The van der Waals surface area contributed by atoms with Crippen molar-refractivity contribution in [2.75, 3.05) is 25.0 Å². The van der Waals surface area contributed by atoms with Gasteiger partial charge >= 0.3 is 0 Å². The van der Waals surface area contributed by atoms with Gasteiger partial charge in [0.15, 0.2) is 0 Å². The fraction of sp³-hybridized carbons (Fsp3) is 0.400. The van der Waals surface area contributed by atoms with Gasteiger partial charge in [0.05, 0.1) is 0 Å². The smallest absolute Gasteiger partial charge is 0.210 e. The molecule has 1 unspecified atom stereocenters. The van der Waals surface area contributed by atoms with E-state index in [0.29, 0.717) is 6.04 Å². The standard InChI is InChI=1S/C15H20N4/c1-18(14-8-5-9-16-12-14)15-17-10-11-19(15)13-6-3-2-4-7-13/h2-4,6-7,10-11,14,16H,5,8-9,12H2,1H3. The van der Waals surface area contributed by atoms with E-state index >= 15 is 0 Å². The fourth-order valence-electron chi connectivity index (χ4n) is 2.67. The zero-order valence-electron chi connectivity index (χ0n) is 11.3. The predicted molar refractivity (Wildman–Crippen MR) is 77.9 cm³/mol. The van der Waals surface area contributed by atoms with Gasteiger partial charge in [-0.15, -0.1) is 0 Å². The molecule has 0 spiro atoms. The maximum Gasteiger partial charge on any atom is 0.210 e. The Kier molecular flexibility index (Phi) is 3.51. The highest BCUT2D eigenvalue weighted by Gasteiger charge is 2.21. The lowest BCUT2D eigenvalue weighted by Gasteiger charge is -2.32. The Bertz CT molecular complexity index is 514. The second-order valence-electron chi connectivity index (χ2n) is 5.04. The van der Waals surface area contributed by atoms with Crippen LogP contribution in [-0.4, -0.2) is 35.7 Å². The van der Waals surface area contributed by atoms with Crippen molar-refractivity contribution < 1.29 is 0 Å². The van der Waals surface area contributed by atoms with E-state index in [1.807, 2.05) is 18.5 Å². The first-order valence-corrected chi connectivity index (χ1v) is 6.88. The molecule has 0 bridgehead atoms. The topological polar surface area (TPSA) is 33.1 Å². The molecule has 1 aromatic heterocycles. The summed E-state index contributed by atoms with van der Waals surface area (Å²) in [6, 6.07) is 10.9. The van der Waals surface area contributed by atoms with Crippen molar-refractivity contribution in [3.8, 4) is 5.69 Å². The number of likely N-dealkylation sites (N-methyl/N-ethyl adjacent to an activating group) is 1. The van der Waals surface area contributed by atoms with E-state index in [9.17, 15) is 0 Å². The van der Waals surface area contributed by atoms with Crippen molar-refractivity contribution in [1.82, 2.24) is 14.9 Å². The van der Waals surface area contributed by atoms with Crippen molar-refractivity contribution in [3.63, 3.8) is 0 Å². The molecule has 19 heavy (non-hydrogen) atoms. The van der Waals surface area contributed by atoms with Gasteiger partial charge in [0.25, 0.3) is 0 Å². The Hall–Kier alpha value is -1.81.